The van der Waals surface area contributed by atoms with Crippen molar-refractivity contribution >= 4 is 24.5 Å². The van der Waals surface area contributed by atoms with Crippen LogP contribution < -0.4 is 4.52 Å². The van der Waals surface area contributed by atoms with Crippen molar-refractivity contribution in [3.05, 3.63) is 22.4 Å². The Hall–Kier alpha value is -0.220. The second-order valence-electron chi connectivity index (χ2n) is 4.07. The molecule has 0 aliphatic carbocycles. The minimum atomic E-state index is -2.43. The summed E-state index contributed by atoms with van der Waals surface area (Å²) in [6.45, 7) is 6.04. The predicted octanol–water partition coefficient (Wildman–Crippen LogP) is 2.73. The summed E-state index contributed by atoms with van der Waals surface area (Å²) in [6, 6.07) is 1.80. The van der Waals surface area contributed by atoms with Gasteiger partial charge in [-0.3, -0.25) is 0 Å². The van der Waals surface area contributed by atoms with Crippen LogP contribution in [0.3, 0.4) is 0 Å². The van der Waals surface area contributed by atoms with Crippen LogP contribution in [0.1, 0.15) is 26.3 Å². The molecular weight excluding hydrogens is 281 g/mol. The molecule has 1 aromatic rings. The van der Waals surface area contributed by atoms with Crippen LogP contribution in [0.15, 0.2) is 16.9 Å². The zero-order valence-electron chi connectivity index (χ0n) is 8.73. The van der Waals surface area contributed by atoms with E-state index in [0.29, 0.717) is 10.4 Å². The van der Waals surface area contributed by atoms with Crippen molar-refractivity contribution in [2.45, 2.75) is 26.2 Å². The summed E-state index contributed by atoms with van der Waals surface area (Å²) in [5.74, 6) is 0.390. The van der Waals surface area contributed by atoms with Crippen molar-refractivity contribution in [1.29, 1.82) is 0 Å². The maximum absolute atomic E-state index is 8.87. The SMILES string of the molecule is CC(C)(C)c1ccnc(Br)c1OP(O)O. The molecule has 0 unspecified atom stereocenters. The molecule has 1 aromatic heterocycles. The first-order valence-electron chi connectivity index (χ1n) is 4.33. The van der Waals surface area contributed by atoms with Gasteiger partial charge in [0.25, 0.3) is 0 Å². The van der Waals surface area contributed by atoms with Gasteiger partial charge in [-0.1, -0.05) is 20.8 Å². The van der Waals surface area contributed by atoms with E-state index in [0.717, 1.165) is 5.56 Å². The van der Waals surface area contributed by atoms with Crippen molar-refractivity contribution in [1.82, 2.24) is 4.98 Å². The Morgan fingerprint density at radius 1 is 1.40 bits per heavy atom. The molecule has 1 rings (SSSR count). The Morgan fingerprint density at radius 3 is 2.47 bits per heavy atom. The molecule has 0 spiro atoms. The fraction of sp³-hybridized carbons (Fsp3) is 0.444. The third kappa shape index (κ3) is 3.38. The molecule has 6 heteroatoms. The lowest BCUT2D eigenvalue weighted by atomic mass is 9.87. The summed E-state index contributed by atoms with van der Waals surface area (Å²) >= 11 is 3.22. The summed E-state index contributed by atoms with van der Waals surface area (Å²) in [4.78, 5) is 21.7. The molecule has 0 bridgehead atoms. The van der Waals surface area contributed by atoms with Gasteiger partial charge in [0.2, 0.25) is 0 Å². The molecule has 15 heavy (non-hydrogen) atoms. The highest BCUT2D eigenvalue weighted by Crippen LogP contribution is 2.40. The molecule has 0 saturated heterocycles. The highest BCUT2D eigenvalue weighted by Gasteiger charge is 2.23. The van der Waals surface area contributed by atoms with Crippen molar-refractivity contribution in [2.75, 3.05) is 0 Å². The van der Waals surface area contributed by atoms with Crippen LogP contribution in [-0.2, 0) is 5.41 Å². The highest BCUT2D eigenvalue weighted by molar-refractivity contribution is 9.10. The molecule has 0 saturated carbocycles. The monoisotopic (exact) mass is 293 g/mol. The van der Waals surface area contributed by atoms with Gasteiger partial charge in [-0.05, 0) is 27.4 Å². The van der Waals surface area contributed by atoms with Crippen LogP contribution in [0.4, 0.5) is 0 Å². The second kappa shape index (κ2) is 4.74. The first kappa shape index (κ1) is 12.8. The third-order valence-electron chi connectivity index (χ3n) is 1.84. The third-order valence-corrected chi connectivity index (χ3v) is 2.75. The summed E-state index contributed by atoms with van der Waals surface area (Å²) in [7, 11) is -2.43. The fourth-order valence-corrected chi connectivity index (χ4v) is 2.07. The van der Waals surface area contributed by atoms with E-state index in [1.165, 1.54) is 0 Å². The molecule has 0 aliphatic rings. The van der Waals surface area contributed by atoms with Crippen LogP contribution in [-0.4, -0.2) is 14.8 Å². The smallest absolute Gasteiger partial charge is 0.391 e. The molecule has 4 nitrogen and oxygen atoms in total. The zero-order chi connectivity index (χ0) is 11.6. The van der Waals surface area contributed by atoms with Crippen LogP contribution in [0.2, 0.25) is 0 Å². The standard InChI is InChI=1S/C9H13BrNO3P/c1-9(2,3)6-4-5-11-8(10)7(6)14-15(12)13/h4-5,12-13H,1-3H3. The van der Waals surface area contributed by atoms with E-state index in [1.54, 1.807) is 12.3 Å². The summed E-state index contributed by atoms with van der Waals surface area (Å²) in [6.07, 6.45) is 1.65. The first-order chi connectivity index (χ1) is 6.82. The molecule has 0 radical (unpaired) electrons. The molecule has 2 N–H and O–H groups in total. The Bertz CT molecular complexity index is 352. The van der Waals surface area contributed by atoms with Gasteiger partial charge in [0.1, 0.15) is 4.60 Å². The van der Waals surface area contributed by atoms with Gasteiger partial charge in [0, 0.05) is 11.8 Å². The van der Waals surface area contributed by atoms with Crippen LogP contribution >= 0.6 is 24.5 Å². The van der Waals surface area contributed by atoms with Crippen LogP contribution in [0.5, 0.6) is 5.75 Å². The molecule has 0 fully saturated rings. The van der Waals surface area contributed by atoms with Crippen molar-refractivity contribution < 1.29 is 14.3 Å². The lowest BCUT2D eigenvalue weighted by molar-refractivity contribution is 0.368. The zero-order valence-corrected chi connectivity index (χ0v) is 11.2. The lowest BCUT2D eigenvalue weighted by Crippen LogP contribution is -2.13. The van der Waals surface area contributed by atoms with Crippen molar-refractivity contribution in [2.24, 2.45) is 0 Å². The Labute approximate surface area is 98.4 Å². The molecular formula is C9H13BrNO3P. The summed E-state index contributed by atoms with van der Waals surface area (Å²) in [5, 5.41) is 0. The number of nitrogens with zero attached hydrogens (tertiary/aromatic N) is 1. The van der Waals surface area contributed by atoms with Gasteiger partial charge in [-0.15, -0.1) is 0 Å². The largest absolute Gasteiger partial charge is 0.424 e. The van der Waals surface area contributed by atoms with Gasteiger partial charge in [-0.25, -0.2) is 4.98 Å². The minimum Gasteiger partial charge on any atom is -0.424 e. The van der Waals surface area contributed by atoms with E-state index in [9.17, 15) is 0 Å². The van der Waals surface area contributed by atoms with Gasteiger partial charge in [0.15, 0.2) is 5.75 Å². The molecule has 0 atom stereocenters. The highest BCUT2D eigenvalue weighted by atomic mass is 79.9. The quantitative estimate of drug-likeness (QED) is 0.650. The van der Waals surface area contributed by atoms with E-state index in [1.807, 2.05) is 20.8 Å². The number of rotatable bonds is 2. The van der Waals surface area contributed by atoms with Gasteiger partial charge >= 0.3 is 8.60 Å². The number of hydrogen-bond acceptors (Lipinski definition) is 4. The average Bonchev–Trinajstić information content (AvgIpc) is 2.05. The Balaban J connectivity index is 3.21. The first-order valence-corrected chi connectivity index (χ1v) is 6.29. The topological polar surface area (TPSA) is 62.6 Å². The molecule has 0 aromatic carbocycles. The van der Waals surface area contributed by atoms with Crippen LogP contribution in [0.25, 0.3) is 0 Å². The van der Waals surface area contributed by atoms with E-state index < -0.39 is 8.60 Å². The van der Waals surface area contributed by atoms with Gasteiger partial charge in [0.05, 0.1) is 0 Å². The van der Waals surface area contributed by atoms with E-state index >= 15 is 0 Å². The number of pyridine rings is 1. The predicted molar refractivity (Wildman–Crippen MR) is 62.6 cm³/mol. The molecule has 0 amide bonds. The second-order valence-corrected chi connectivity index (χ2v) is 5.51. The Morgan fingerprint density at radius 2 is 2.00 bits per heavy atom. The normalized spacial score (nSPS) is 11.9. The summed E-state index contributed by atoms with van der Waals surface area (Å²) < 4.78 is 5.45. The average molecular weight is 294 g/mol. The minimum absolute atomic E-state index is 0.147. The number of aromatic nitrogens is 1. The maximum atomic E-state index is 8.87. The Kier molecular flexibility index (Phi) is 4.06. The van der Waals surface area contributed by atoms with E-state index in [4.69, 9.17) is 14.3 Å². The van der Waals surface area contributed by atoms with Crippen LogP contribution in [0, 0.1) is 0 Å². The number of hydrogen-bond donors (Lipinski definition) is 2. The van der Waals surface area contributed by atoms with Crippen molar-refractivity contribution in [3.63, 3.8) is 0 Å². The van der Waals surface area contributed by atoms with Crippen molar-refractivity contribution in [3.8, 4) is 5.75 Å². The lowest BCUT2D eigenvalue weighted by Gasteiger charge is -2.22. The molecule has 0 aliphatic heterocycles. The van der Waals surface area contributed by atoms with E-state index in [-0.39, 0.29) is 5.41 Å². The molecule has 84 valence electrons. The molecule has 1 heterocycles. The van der Waals surface area contributed by atoms with Gasteiger partial charge < -0.3 is 14.3 Å². The fourth-order valence-electron chi connectivity index (χ4n) is 1.18. The summed E-state index contributed by atoms with van der Waals surface area (Å²) in [5.41, 5.74) is 0.728. The number of halogens is 1. The maximum Gasteiger partial charge on any atom is 0.391 e. The van der Waals surface area contributed by atoms with E-state index in [2.05, 4.69) is 20.9 Å². The van der Waals surface area contributed by atoms with Gasteiger partial charge in [-0.2, -0.15) is 0 Å².